The number of benzene rings is 1. The van der Waals surface area contributed by atoms with Gasteiger partial charge < -0.3 is 25.2 Å². The van der Waals surface area contributed by atoms with Gasteiger partial charge in [-0.15, -0.1) is 11.8 Å². The Labute approximate surface area is 129 Å². The molecule has 1 aromatic rings. The van der Waals surface area contributed by atoms with Crippen molar-refractivity contribution in [1.29, 1.82) is 0 Å². The van der Waals surface area contributed by atoms with Crippen LogP contribution in [0.2, 0.25) is 0 Å². The SMILES string of the molecule is CCSc1cccc(OCCOCCOC)c1/C(N)=N/O. The average Bonchev–Trinajstić information content (AvgIpc) is 2.50. The lowest BCUT2D eigenvalue weighted by atomic mass is 10.2. The van der Waals surface area contributed by atoms with Crippen LogP contribution in [-0.2, 0) is 9.47 Å². The molecule has 0 bridgehead atoms. The van der Waals surface area contributed by atoms with E-state index in [1.165, 1.54) is 0 Å². The van der Waals surface area contributed by atoms with Crippen molar-refractivity contribution < 1.29 is 19.4 Å². The Kier molecular flexibility index (Phi) is 8.65. The summed E-state index contributed by atoms with van der Waals surface area (Å²) in [5.74, 6) is 1.51. The van der Waals surface area contributed by atoms with E-state index in [2.05, 4.69) is 5.16 Å². The minimum Gasteiger partial charge on any atom is -0.490 e. The molecule has 0 unspecified atom stereocenters. The summed E-state index contributed by atoms with van der Waals surface area (Å²) >= 11 is 1.61. The molecule has 0 radical (unpaired) electrons. The third-order valence-electron chi connectivity index (χ3n) is 2.57. The molecule has 0 spiro atoms. The quantitative estimate of drug-likeness (QED) is 0.171. The molecule has 118 valence electrons. The number of amidine groups is 1. The molecule has 1 rings (SSSR count). The van der Waals surface area contributed by atoms with E-state index >= 15 is 0 Å². The van der Waals surface area contributed by atoms with Gasteiger partial charge in [-0.25, -0.2) is 0 Å². The lowest BCUT2D eigenvalue weighted by Gasteiger charge is -2.14. The van der Waals surface area contributed by atoms with Crippen LogP contribution in [0, 0.1) is 0 Å². The van der Waals surface area contributed by atoms with Crippen molar-refractivity contribution in [3.63, 3.8) is 0 Å². The molecule has 0 fully saturated rings. The van der Waals surface area contributed by atoms with E-state index in [4.69, 9.17) is 25.2 Å². The van der Waals surface area contributed by atoms with E-state index in [0.29, 0.717) is 37.7 Å². The molecule has 0 aliphatic rings. The summed E-state index contributed by atoms with van der Waals surface area (Å²) in [6, 6.07) is 5.60. The van der Waals surface area contributed by atoms with Gasteiger partial charge in [-0.2, -0.15) is 0 Å². The molecule has 21 heavy (non-hydrogen) atoms. The van der Waals surface area contributed by atoms with Crippen molar-refractivity contribution in [2.75, 3.05) is 39.3 Å². The second-order valence-corrected chi connectivity index (χ2v) is 5.31. The van der Waals surface area contributed by atoms with Gasteiger partial charge in [0.05, 0.1) is 25.4 Å². The molecule has 0 amide bonds. The average molecular weight is 314 g/mol. The molecular weight excluding hydrogens is 292 g/mol. The fraction of sp³-hybridized carbons (Fsp3) is 0.500. The lowest BCUT2D eigenvalue weighted by Crippen LogP contribution is -2.17. The predicted molar refractivity (Wildman–Crippen MR) is 83.5 cm³/mol. The second-order valence-electron chi connectivity index (χ2n) is 4.00. The van der Waals surface area contributed by atoms with Gasteiger partial charge in [0.2, 0.25) is 0 Å². The van der Waals surface area contributed by atoms with Crippen LogP contribution in [0.25, 0.3) is 0 Å². The molecular formula is C14H22N2O4S. The molecule has 0 aliphatic carbocycles. The zero-order chi connectivity index (χ0) is 15.5. The Hall–Kier alpha value is -1.44. The number of hydrogen-bond donors (Lipinski definition) is 2. The van der Waals surface area contributed by atoms with E-state index in [1.807, 2.05) is 19.1 Å². The van der Waals surface area contributed by atoms with Crippen LogP contribution in [-0.4, -0.2) is 50.3 Å². The van der Waals surface area contributed by atoms with E-state index < -0.39 is 0 Å². The Bertz CT molecular complexity index is 455. The van der Waals surface area contributed by atoms with Crippen LogP contribution < -0.4 is 10.5 Å². The largest absolute Gasteiger partial charge is 0.490 e. The Morgan fingerprint density at radius 3 is 2.71 bits per heavy atom. The number of rotatable bonds is 10. The number of ether oxygens (including phenoxy) is 3. The maximum absolute atomic E-state index is 8.93. The molecule has 0 aromatic heterocycles. The van der Waals surface area contributed by atoms with Crippen LogP contribution in [0.5, 0.6) is 5.75 Å². The standard InChI is InChI=1S/C14H22N2O4S/c1-3-21-12-6-4-5-11(13(12)14(15)16-17)20-10-9-19-8-7-18-2/h4-6,17H,3,7-10H2,1-2H3,(H2,15,16). The summed E-state index contributed by atoms with van der Waals surface area (Å²) in [4.78, 5) is 0.922. The van der Waals surface area contributed by atoms with Crippen LogP contribution in [0.1, 0.15) is 12.5 Å². The number of oxime groups is 1. The van der Waals surface area contributed by atoms with E-state index in [9.17, 15) is 0 Å². The zero-order valence-electron chi connectivity index (χ0n) is 12.4. The van der Waals surface area contributed by atoms with Crippen molar-refractivity contribution in [1.82, 2.24) is 0 Å². The van der Waals surface area contributed by atoms with Crippen LogP contribution in [0.4, 0.5) is 0 Å². The lowest BCUT2D eigenvalue weighted by molar-refractivity contribution is 0.0543. The first-order valence-corrected chi connectivity index (χ1v) is 7.66. The summed E-state index contributed by atoms with van der Waals surface area (Å²) in [6.45, 7) is 3.95. The first-order valence-electron chi connectivity index (χ1n) is 6.67. The Morgan fingerprint density at radius 1 is 1.29 bits per heavy atom. The van der Waals surface area contributed by atoms with Gasteiger partial charge >= 0.3 is 0 Å². The number of nitrogens with two attached hydrogens (primary N) is 1. The van der Waals surface area contributed by atoms with Gasteiger partial charge in [0, 0.05) is 12.0 Å². The van der Waals surface area contributed by atoms with Gasteiger partial charge in [-0.05, 0) is 17.9 Å². The number of nitrogens with zero attached hydrogens (tertiary/aromatic N) is 1. The minimum absolute atomic E-state index is 0.0434. The van der Waals surface area contributed by atoms with Crippen LogP contribution >= 0.6 is 11.8 Å². The normalized spacial score (nSPS) is 11.6. The maximum Gasteiger partial charge on any atom is 0.174 e. The summed E-state index contributed by atoms with van der Waals surface area (Å²) in [5.41, 5.74) is 6.37. The van der Waals surface area contributed by atoms with Gasteiger partial charge in [0.15, 0.2) is 5.84 Å². The molecule has 3 N–H and O–H groups in total. The van der Waals surface area contributed by atoms with Crippen molar-refractivity contribution in [2.45, 2.75) is 11.8 Å². The topological polar surface area (TPSA) is 86.3 Å². The highest BCUT2D eigenvalue weighted by atomic mass is 32.2. The van der Waals surface area contributed by atoms with Crippen molar-refractivity contribution in [2.24, 2.45) is 10.9 Å². The third-order valence-corrected chi connectivity index (χ3v) is 3.51. The van der Waals surface area contributed by atoms with Gasteiger partial charge in [0.1, 0.15) is 12.4 Å². The first kappa shape index (κ1) is 17.6. The Balaban J connectivity index is 2.70. The molecule has 0 aliphatic heterocycles. The summed E-state index contributed by atoms with van der Waals surface area (Å²) in [7, 11) is 1.63. The zero-order valence-corrected chi connectivity index (χ0v) is 13.2. The van der Waals surface area contributed by atoms with Gasteiger partial charge in [-0.3, -0.25) is 0 Å². The van der Waals surface area contributed by atoms with Crippen molar-refractivity contribution in [3.05, 3.63) is 23.8 Å². The second kappa shape index (κ2) is 10.3. The van der Waals surface area contributed by atoms with E-state index in [-0.39, 0.29) is 5.84 Å². The first-order chi connectivity index (χ1) is 10.2. The third kappa shape index (κ3) is 5.82. The number of thioether (sulfide) groups is 1. The van der Waals surface area contributed by atoms with Gasteiger partial charge in [-0.1, -0.05) is 18.1 Å². The smallest absolute Gasteiger partial charge is 0.174 e. The fourth-order valence-electron chi connectivity index (χ4n) is 1.66. The summed E-state index contributed by atoms with van der Waals surface area (Å²) in [6.07, 6.45) is 0. The van der Waals surface area contributed by atoms with Gasteiger partial charge in [0.25, 0.3) is 0 Å². The molecule has 6 nitrogen and oxygen atoms in total. The van der Waals surface area contributed by atoms with Crippen molar-refractivity contribution >= 4 is 17.6 Å². The summed E-state index contributed by atoms with van der Waals surface area (Å²) in [5, 5.41) is 12.0. The maximum atomic E-state index is 8.93. The predicted octanol–water partition coefficient (Wildman–Crippen LogP) is 1.93. The molecule has 1 aromatic carbocycles. The van der Waals surface area contributed by atoms with Crippen LogP contribution in [0.3, 0.4) is 0 Å². The minimum atomic E-state index is 0.0434. The Morgan fingerprint density at radius 2 is 2.05 bits per heavy atom. The number of methoxy groups -OCH3 is 1. The highest BCUT2D eigenvalue weighted by molar-refractivity contribution is 7.99. The van der Waals surface area contributed by atoms with Crippen molar-refractivity contribution in [3.8, 4) is 5.75 Å². The highest BCUT2D eigenvalue weighted by Gasteiger charge is 2.14. The number of hydrogen-bond acceptors (Lipinski definition) is 6. The highest BCUT2D eigenvalue weighted by Crippen LogP contribution is 2.30. The van der Waals surface area contributed by atoms with Crippen LogP contribution in [0.15, 0.2) is 28.3 Å². The molecule has 0 saturated heterocycles. The molecule has 7 heteroatoms. The molecule has 0 heterocycles. The molecule has 0 atom stereocenters. The summed E-state index contributed by atoms with van der Waals surface area (Å²) < 4.78 is 15.9. The van der Waals surface area contributed by atoms with E-state index in [0.717, 1.165) is 10.6 Å². The fourth-order valence-corrected chi connectivity index (χ4v) is 2.50. The molecule has 0 saturated carbocycles. The van der Waals surface area contributed by atoms with E-state index in [1.54, 1.807) is 24.9 Å². The monoisotopic (exact) mass is 314 g/mol.